The van der Waals surface area contributed by atoms with Crippen LogP contribution in [0.3, 0.4) is 0 Å². The summed E-state index contributed by atoms with van der Waals surface area (Å²) in [6, 6.07) is 8.01. The molecule has 1 fully saturated rings. The number of benzene rings is 1. The molecular weight excluding hydrogens is 348 g/mol. The molecule has 22 heavy (non-hydrogen) atoms. The zero-order valence-electron chi connectivity index (χ0n) is 12.0. The van der Waals surface area contributed by atoms with E-state index in [1.54, 1.807) is 11.0 Å². The number of hydrogen-bond donors (Lipinski definition) is 1. The van der Waals surface area contributed by atoms with Crippen molar-refractivity contribution in [3.8, 4) is 0 Å². The normalized spacial score (nSPS) is 15.7. The second kappa shape index (κ2) is 7.02. The third-order valence-corrected chi connectivity index (χ3v) is 4.15. The van der Waals surface area contributed by atoms with E-state index >= 15 is 0 Å². The van der Waals surface area contributed by atoms with Crippen LogP contribution in [0.4, 0.5) is 5.95 Å². The van der Waals surface area contributed by atoms with Crippen LogP contribution in [0.1, 0.15) is 18.4 Å². The minimum Gasteiger partial charge on any atom is -0.381 e. The van der Waals surface area contributed by atoms with Crippen LogP contribution in [0.2, 0.25) is 0 Å². The van der Waals surface area contributed by atoms with Gasteiger partial charge in [0.2, 0.25) is 11.9 Å². The Morgan fingerprint density at radius 1 is 1.32 bits per heavy atom. The summed E-state index contributed by atoms with van der Waals surface area (Å²) in [6.45, 7) is 1.90. The van der Waals surface area contributed by atoms with Gasteiger partial charge in [-0.2, -0.15) is 0 Å². The highest BCUT2D eigenvalue weighted by molar-refractivity contribution is 9.10. The first-order chi connectivity index (χ1) is 10.7. The largest absolute Gasteiger partial charge is 0.381 e. The number of rotatable bonds is 4. The second-order valence-corrected chi connectivity index (χ2v) is 6.18. The molecule has 0 bridgehead atoms. The summed E-state index contributed by atoms with van der Waals surface area (Å²) in [7, 11) is 0. The van der Waals surface area contributed by atoms with Crippen LogP contribution in [-0.4, -0.2) is 33.9 Å². The quantitative estimate of drug-likeness (QED) is 0.904. The molecule has 1 aromatic carbocycles. The maximum Gasteiger partial charge on any atom is 0.248 e. The lowest BCUT2D eigenvalue weighted by molar-refractivity contribution is -0.122. The first-order valence-corrected chi connectivity index (χ1v) is 8.02. The lowest BCUT2D eigenvalue weighted by atomic mass is 10.00. The van der Waals surface area contributed by atoms with Crippen LogP contribution in [0.15, 0.2) is 35.1 Å². The van der Waals surface area contributed by atoms with E-state index < -0.39 is 0 Å². The molecule has 0 atom stereocenters. The average Bonchev–Trinajstić information content (AvgIpc) is 2.97. The first kappa shape index (κ1) is 15.2. The van der Waals surface area contributed by atoms with Crippen LogP contribution < -0.4 is 5.32 Å². The van der Waals surface area contributed by atoms with E-state index in [9.17, 15) is 4.79 Å². The van der Waals surface area contributed by atoms with E-state index in [4.69, 9.17) is 4.74 Å². The number of nitrogens with one attached hydrogen (secondary N) is 1. The fraction of sp³-hybridized carbons (Fsp3) is 0.400. The number of carbonyl (C=O) groups excluding carboxylic acids is 1. The van der Waals surface area contributed by atoms with Crippen molar-refractivity contribution in [2.75, 3.05) is 18.5 Å². The first-order valence-electron chi connectivity index (χ1n) is 7.23. The second-order valence-electron chi connectivity index (χ2n) is 5.27. The van der Waals surface area contributed by atoms with E-state index in [0.29, 0.717) is 25.7 Å². The molecule has 0 saturated carbocycles. The van der Waals surface area contributed by atoms with Gasteiger partial charge < -0.3 is 4.74 Å². The summed E-state index contributed by atoms with van der Waals surface area (Å²) in [5, 5.41) is 7.08. The summed E-state index contributed by atoms with van der Waals surface area (Å²) in [6.07, 6.45) is 3.14. The summed E-state index contributed by atoms with van der Waals surface area (Å²) < 4.78 is 8.01. The Kier molecular flexibility index (Phi) is 4.84. The predicted molar refractivity (Wildman–Crippen MR) is 85.4 cm³/mol. The number of aromatic nitrogens is 3. The molecule has 2 heterocycles. The zero-order valence-corrected chi connectivity index (χ0v) is 13.6. The minimum atomic E-state index is -0.0234. The molecular formula is C15H17BrN4O2. The lowest BCUT2D eigenvalue weighted by Gasteiger charge is -2.20. The smallest absolute Gasteiger partial charge is 0.248 e. The highest BCUT2D eigenvalue weighted by Crippen LogP contribution is 2.16. The number of nitrogens with zero attached hydrogens (tertiary/aromatic N) is 3. The van der Waals surface area contributed by atoms with E-state index in [1.165, 1.54) is 0 Å². The summed E-state index contributed by atoms with van der Waals surface area (Å²) in [5.41, 5.74) is 1.12. The third-order valence-electron chi connectivity index (χ3n) is 3.62. The van der Waals surface area contributed by atoms with Crippen molar-refractivity contribution in [3.05, 3.63) is 40.6 Å². The predicted octanol–water partition coefficient (Wildman–Crippen LogP) is 2.45. The van der Waals surface area contributed by atoms with Gasteiger partial charge in [0.25, 0.3) is 0 Å². The van der Waals surface area contributed by atoms with Gasteiger partial charge in [-0.15, -0.1) is 5.10 Å². The molecule has 1 amide bonds. The molecule has 6 nitrogen and oxygen atoms in total. The van der Waals surface area contributed by atoms with E-state index in [1.807, 2.05) is 24.3 Å². The molecule has 1 aromatic heterocycles. The Hall–Kier alpha value is -1.73. The molecule has 1 N–H and O–H groups in total. The molecule has 0 unspecified atom stereocenters. The van der Waals surface area contributed by atoms with Crippen molar-refractivity contribution < 1.29 is 9.53 Å². The van der Waals surface area contributed by atoms with Gasteiger partial charge in [0.15, 0.2) is 0 Å². The van der Waals surface area contributed by atoms with Crippen LogP contribution >= 0.6 is 15.9 Å². The number of amides is 1. The molecule has 0 aliphatic carbocycles. The topological polar surface area (TPSA) is 69.0 Å². The number of ether oxygens (including phenoxy) is 1. The fourth-order valence-corrected chi connectivity index (χ4v) is 2.64. The molecule has 7 heteroatoms. The summed E-state index contributed by atoms with van der Waals surface area (Å²) in [4.78, 5) is 16.3. The van der Waals surface area contributed by atoms with Crippen molar-refractivity contribution in [2.45, 2.75) is 19.4 Å². The Labute approximate surface area is 137 Å². The SMILES string of the molecule is O=C(Nc1ncn(Cc2ccc(Br)cc2)n1)C1CCOCC1. The van der Waals surface area contributed by atoms with Gasteiger partial charge in [0.05, 0.1) is 6.54 Å². The zero-order chi connectivity index (χ0) is 15.4. The lowest BCUT2D eigenvalue weighted by Crippen LogP contribution is -2.29. The average molecular weight is 365 g/mol. The van der Waals surface area contributed by atoms with E-state index in [0.717, 1.165) is 22.9 Å². The number of halogens is 1. The van der Waals surface area contributed by atoms with Crippen LogP contribution in [0.25, 0.3) is 0 Å². The maximum absolute atomic E-state index is 12.1. The van der Waals surface area contributed by atoms with Crippen molar-refractivity contribution in [2.24, 2.45) is 5.92 Å². The number of carbonyl (C=O) groups is 1. The van der Waals surface area contributed by atoms with Gasteiger partial charge in [-0.05, 0) is 30.5 Å². The Balaban J connectivity index is 1.58. The standard InChI is InChI=1S/C15H17BrN4O2/c16-13-3-1-11(2-4-13)9-20-10-17-15(19-20)18-14(21)12-5-7-22-8-6-12/h1-4,10,12H,5-9H2,(H,18,19,21). The molecule has 1 aliphatic heterocycles. The van der Waals surface area contributed by atoms with Crippen molar-refractivity contribution >= 4 is 27.8 Å². The Morgan fingerprint density at radius 3 is 2.77 bits per heavy atom. The Morgan fingerprint density at radius 2 is 2.05 bits per heavy atom. The van der Waals surface area contributed by atoms with Crippen LogP contribution in [-0.2, 0) is 16.1 Å². The van der Waals surface area contributed by atoms with E-state index in [-0.39, 0.29) is 11.8 Å². The molecule has 2 aromatic rings. The molecule has 0 spiro atoms. The van der Waals surface area contributed by atoms with Gasteiger partial charge in [-0.25, -0.2) is 9.67 Å². The molecule has 1 saturated heterocycles. The summed E-state index contributed by atoms with van der Waals surface area (Å²) in [5.74, 6) is 0.325. The van der Waals surface area contributed by atoms with Crippen molar-refractivity contribution in [1.82, 2.24) is 14.8 Å². The molecule has 116 valence electrons. The van der Waals surface area contributed by atoms with Gasteiger partial charge in [0, 0.05) is 23.6 Å². The van der Waals surface area contributed by atoms with Crippen molar-refractivity contribution in [3.63, 3.8) is 0 Å². The fourth-order valence-electron chi connectivity index (χ4n) is 2.38. The van der Waals surface area contributed by atoms with E-state index in [2.05, 4.69) is 31.3 Å². The van der Waals surface area contributed by atoms with Crippen LogP contribution in [0.5, 0.6) is 0 Å². The number of hydrogen-bond acceptors (Lipinski definition) is 4. The van der Waals surface area contributed by atoms with Crippen molar-refractivity contribution in [1.29, 1.82) is 0 Å². The monoisotopic (exact) mass is 364 g/mol. The highest BCUT2D eigenvalue weighted by Gasteiger charge is 2.22. The third kappa shape index (κ3) is 3.92. The minimum absolute atomic E-state index is 0.00725. The number of anilines is 1. The van der Waals surface area contributed by atoms with Gasteiger partial charge in [0.1, 0.15) is 6.33 Å². The van der Waals surface area contributed by atoms with Gasteiger partial charge in [-0.1, -0.05) is 28.1 Å². The Bertz CT molecular complexity index is 635. The molecule has 3 rings (SSSR count). The molecule has 0 radical (unpaired) electrons. The van der Waals surface area contributed by atoms with Gasteiger partial charge in [-0.3, -0.25) is 10.1 Å². The van der Waals surface area contributed by atoms with Gasteiger partial charge >= 0.3 is 0 Å². The maximum atomic E-state index is 12.1. The molecule has 1 aliphatic rings. The highest BCUT2D eigenvalue weighted by atomic mass is 79.9. The summed E-state index contributed by atoms with van der Waals surface area (Å²) >= 11 is 3.41. The van der Waals surface area contributed by atoms with Crippen LogP contribution in [0, 0.1) is 5.92 Å².